The SMILES string of the molecule is CC[C@H](NC(=O)c1cc(F)ccc1O)C(=O)O. The summed E-state index contributed by atoms with van der Waals surface area (Å²) in [6, 6.07) is 1.82. The van der Waals surface area contributed by atoms with Crippen molar-refractivity contribution < 1.29 is 24.2 Å². The molecule has 0 bridgehead atoms. The zero-order chi connectivity index (χ0) is 13.0. The third kappa shape index (κ3) is 3.17. The molecule has 0 unspecified atom stereocenters. The smallest absolute Gasteiger partial charge is 0.326 e. The van der Waals surface area contributed by atoms with Crippen molar-refractivity contribution in [1.82, 2.24) is 5.32 Å². The molecule has 5 nitrogen and oxygen atoms in total. The van der Waals surface area contributed by atoms with Gasteiger partial charge >= 0.3 is 5.97 Å². The third-order valence-corrected chi connectivity index (χ3v) is 2.21. The fourth-order valence-electron chi connectivity index (χ4n) is 1.26. The number of carbonyl (C=O) groups is 2. The van der Waals surface area contributed by atoms with Crippen LogP contribution in [0.1, 0.15) is 23.7 Å². The highest BCUT2D eigenvalue weighted by Crippen LogP contribution is 2.17. The molecule has 1 rings (SSSR count). The quantitative estimate of drug-likeness (QED) is 0.737. The van der Waals surface area contributed by atoms with Gasteiger partial charge in [0.15, 0.2) is 0 Å². The summed E-state index contributed by atoms with van der Waals surface area (Å²) >= 11 is 0. The number of aromatic hydroxyl groups is 1. The van der Waals surface area contributed by atoms with E-state index in [4.69, 9.17) is 5.11 Å². The molecule has 0 aliphatic carbocycles. The number of rotatable bonds is 4. The Labute approximate surface area is 96.9 Å². The van der Waals surface area contributed by atoms with Crippen LogP contribution in [0, 0.1) is 5.82 Å². The van der Waals surface area contributed by atoms with Gasteiger partial charge in [-0.15, -0.1) is 0 Å². The average molecular weight is 241 g/mol. The van der Waals surface area contributed by atoms with E-state index < -0.39 is 29.5 Å². The van der Waals surface area contributed by atoms with E-state index in [0.717, 1.165) is 18.2 Å². The van der Waals surface area contributed by atoms with Crippen molar-refractivity contribution in [1.29, 1.82) is 0 Å². The van der Waals surface area contributed by atoms with Crippen LogP contribution >= 0.6 is 0 Å². The van der Waals surface area contributed by atoms with E-state index >= 15 is 0 Å². The van der Waals surface area contributed by atoms with Crippen LogP contribution in [-0.2, 0) is 4.79 Å². The molecular weight excluding hydrogens is 229 g/mol. The van der Waals surface area contributed by atoms with Gasteiger partial charge in [-0.25, -0.2) is 9.18 Å². The van der Waals surface area contributed by atoms with Crippen LogP contribution in [0.4, 0.5) is 4.39 Å². The van der Waals surface area contributed by atoms with Crippen molar-refractivity contribution in [2.24, 2.45) is 0 Å². The van der Waals surface area contributed by atoms with Gasteiger partial charge in [0.2, 0.25) is 0 Å². The van der Waals surface area contributed by atoms with Gasteiger partial charge in [0.25, 0.3) is 5.91 Å². The Hall–Kier alpha value is -2.11. The number of phenols is 1. The lowest BCUT2D eigenvalue weighted by atomic mass is 10.1. The highest BCUT2D eigenvalue weighted by atomic mass is 19.1. The molecule has 0 aromatic heterocycles. The molecule has 92 valence electrons. The van der Waals surface area contributed by atoms with Gasteiger partial charge in [-0.3, -0.25) is 4.79 Å². The number of phenolic OH excluding ortho intramolecular Hbond substituents is 1. The first-order chi connectivity index (χ1) is 7.95. The standard InChI is InChI=1S/C11H12FNO4/c1-2-8(11(16)17)13-10(15)7-5-6(12)3-4-9(7)14/h3-5,8,14H,2H2,1H3,(H,13,15)(H,16,17)/t8-/m0/s1. The molecular formula is C11H12FNO4. The first-order valence-corrected chi connectivity index (χ1v) is 4.98. The normalized spacial score (nSPS) is 11.9. The van der Waals surface area contributed by atoms with Crippen LogP contribution in [0.5, 0.6) is 5.75 Å². The number of hydrogen-bond donors (Lipinski definition) is 3. The number of nitrogens with one attached hydrogen (secondary N) is 1. The predicted molar refractivity (Wildman–Crippen MR) is 57.2 cm³/mol. The Kier molecular flexibility index (Phi) is 4.03. The second-order valence-electron chi connectivity index (χ2n) is 3.43. The number of carboxylic acid groups (broad SMARTS) is 1. The van der Waals surface area contributed by atoms with Gasteiger partial charge in [0, 0.05) is 0 Å². The lowest BCUT2D eigenvalue weighted by molar-refractivity contribution is -0.139. The first-order valence-electron chi connectivity index (χ1n) is 4.98. The van der Waals surface area contributed by atoms with Crippen LogP contribution in [-0.4, -0.2) is 28.1 Å². The van der Waals surface area contributed by atoms with Gasteiger partial charge in [-0.1, -0.05) is 6.92 Å². The molecule has 1 amide bonds. The first kappa shape index (κ1) is 13.0. The van der Waals surface area contributed by atoms with E-state index in [9.17, 15) is 19.1 Å². The number of hydrogen-bond acceptors (Lipinski definition) is 3. The van der Waals surface area contributed by atoms with E-state index in [0.29, 0.717) is 0 Å². The second kappa shape index (κ2) is 5.29. The summed E-state index contributed by atoms with van der Waals surface area (Å²) in [4.78, 5) is 22.3. The van der Waals surface area contributed by atoms with E-state index in [2.05, 4.69) is 5.32 Å². The minimum atomic E-state index is -1.18. The molecule has 0 aliphatic rings. The summed E-state index contributed by atoms with van der Waals surface area (Å²) in [7, 11) is 0. The Morgan fingerprint density at radius 3 is 2.65 bits per heavy atom. The lowest BCUT2D eigenvalue weighted by Gasteiger charge is -2.12. The Bertz CT molecular complexity index is 447. The average Bonchev–Trinajstić information content (AvgIpc) is 2.28. The summed E-state index contributed by atoms with van der Waals surface area (Å²) in [6.07, 6.45) is 0.192. The molecule has 0 radical (unpaired) electrons. The molecule has 1 atom stereocenters. The molecule has 0 spiro atoms. The van der Waals surface area contributed by atoms with Crippen LogP contribution in [0.3, 0.4) is 0 Å². The van der Waals surface area contributed by atoms with Gasteiger partial charge in [0.1, 0.15) is 17.6 Å². The number of halogens is 1. The fourth-order valence-corrected chi connectivity index (χ4v) is 1.26. The van der Waals surface area contributed by atoms with E-state index in [1.165, 1.54) is 0 Å². The monoisotopic (exact) mass is 241 g/mol. The van der Waals surface area contributed by atoms with Crippen LogP contribution in [0.2, 0.25) is 0 Å². The van der Waals surface area contributed by atoms with Crippen LogP contribution in [0.15, 0.2) is 18.2 Å². The molecule has 1 aromatic rings. The van der Waals surface area contributed by atoms with Gasteiger partial charge in [-0.2, -0.15) is 0 Å². The fraction of sp³-hybridized carbons (Fsp3) is 0.273. The molecule has 1 aromatic carbocycles. The van der Waals surface area contributed by atoms with Crippen molar-refractivity contribution in [2.45, 2.75) is 19.4 Å². The minimum Gasteiger partial charge on any atom is -0.507 e. The maximum Gasteiger partial charge on any atom is 0.326 e. The van der Waals surface area contributed by atoms with E-state index in [1.807, 2.05) is 0 Å². The summed E-state index contributed by atoms with van der Waals surface area (Å²) in [5.74, 6) is -3.09. The number of aliphatic carboxylic acids is 1. The summed E-state index contributed by atoms with van der Waals surface area (Å²) < 4.78 is 12.9. The Morgan fingerprint density at radius 2 is 2.12 bits per heavy atom. The summed E-state index contributed by atoms with van der Waals surface area (Å²) in [5.41, 5.74) is -0.287. The van der Waals surface area contributed by atoms with Crippen molar-refractivity contribution >= 4 is 11.9 Å². The van der Waals surface area contributed by atoms with E-state index in [1.54, 1.807) is 6.92 Å². The molecule has 0 fully saturated rings. The van der Waals surface area contributed by atoms with Crippen molar-refractivity contribution in [2.75, 3.05) is 0 Å². The van der Waals surface area contributed by atoms with Crippen LogP contribution < -0.4 is 5.32 Å². The minimum absolute atomic E-state index is 0.192. The zero-order valence-corrected chi connectivity index (χ0v) is 9.11. The topological polar surface area (TPSA) is 86.6 Å². The summed E-state index contributed by atoms with van der Waals surface area (Å²) in [6.45, 7) is 1.59. The van der Waals surface area contributed by atoms with Gasteiger partial charge < -0.3 is 15.5 Å². The molecule has 0 saturated carbocycles. The lowest BCUT2D eigenvalue weighted by Crippen LogP contribution is -2.40. The highest BCUT2D eigenvalue weighted by molar-refractivity contribution is 5.98. The Balaban J connectivity index is 2.89. The van der Waals surface area contributed by atoms with E-state index in [-0.39, 0.29) is 12.0 Å². The number of amides is 1. The van der Waals surface area contributed by atoms with Crippen LogP contribution in [0.25, 0.3) is 0 Å². The molecule has 3 N–H and O–H groups in total. The van der Waals surface area contributed by atoms with Gasteiger partial charge in [-0.05, 0) is 24.6 Å². The van der Waals surface area contributed by atoms with Crippen molar-refractivity contribution in [3.8, 4) is 5.75 Å². The maximum absolute atomic E-state index is 12.9. The van der Waals surface area contributed by atoms with Crippen molar-refractivity contribution in [3.05, 3.63) is 29.6 Å². The second-order valence-corrected chi connectivity index (χ2v) is 3.43. The Morgan fingerprint density at radius 1 is 1.47 bits per heavy atom. The predicted octanol–water partition coefficient (Wildman–Crippen LogP) is 1.12. The number of benzene rings is 1. The molecule has 0 heterocycles. The van der Waals surface area contributed by atoms with Crippen molar-refractivity contribution in [3.63, 3.8) is 0 Å². The molecule has 6 heteroatoms. The third-order valence-electron chi connectivity index (χ3n) is 2.21. The molecule has 17 heavy (non-hydrogen) atoms. The largest absolute Gasteiger partial charge is 0.507 e. The number of carbonyl (C=O) groups excluding carboxylic acids is 1. The highest BCUT2D eigenvalue weighted by Gasteiger charge is 2.20. The van der Waals surface area contributed by atoms with Gasteiger partial charge in [0.05, 0.1) is 5.56 Å². The molecule has 0 aliphatic heterocycles. The maximum atomic E-state index is 12.9. The zero-order valence-electron chi connectivity index (χ0n) is 9.11. The molecule has 0 saturated heterocycles. The summed E-state index contributed by atoms with van der Waals surface area (Å²) in [5, 5.41) is 20.3. The number of carboxylic acids is 1.